The maximum Gasteiger partial charge on any atom is 0.328 e. The predicted molar refractivity (Wildman–Crippen MR) is 123 cm³/mol. The fourth-order valence-corrected chi connectivity index (χ4v) is 3.33. The summed E-state index contributed by atoms with van der Waals surface area (Å²) in [5.41, 5.74) is 0.619. The number of likely N-dealkylation sites (N-methyl/N-ethyl adjacent to an activating group) is 1. The van der Waals surface area contributed by atoms with Gasteiger partial charge in [-0.1, -0.05) is 53.5 Å². The van der Waals surface area contributed by atoms with Gasteiger partial charge in [0.2, 0.25) is 0 Å². The van der Waals surface area contributed by atoms with Crippen LogP contribution < -0.4 is 10.2 Å². The van der Waals surface area contributed by atoms with Gasteiger partial charge in [-0.3, -0.25) is 4.79 Å². The van der Waals surface area contributed by atoms with E-state index in [1.165, 1.54) is 18.2 Å². The average molecular weight is 487 g/mol. The Morgan fingerprint density at radius 3 is 2.56 bits per heavy atom. The van der Waals surface area contributed by atoms with Crippen LogP contribution in [-0.2, 0) is 20.7 Å². The Morgan fingerprint density at radius 1 is 1.25 bits per heavy atom. The summed E-state index contributed by atoms with van der Waals surface area (Å²) in [6, 6.07) is 9.37. The Labute approximate surface area is 198 Å². The number of rotatable bonds is 11. The summed E-state index contributed by atoms with van der Waals surface area (Å²) in [6.45, 7) is 3.28. The number of phenols is 1. The quantitative estimate of drug-likeness (QED) is 0.283. The second kappa shape index (κ2) is 12.5. The largest absolute Gasteiger partial charge is 0.505 e. The van der Waals surface area contributed by atoms with E-state index in [1.54, 1.807) is 7.05 Å². The molecule has 0 unspecified atom stereocenters. The summed E-state index contributed by atoms with van der Waals surface area (Å²) in [4.78, 5) is 30.6. The van der Waals surface area contributed by atoms with Gasteiger partial charge in [-0.2, -0.15) is 0 Å². The topological polar surface area (TPSA) is 97.3 Å². The number of nitrogens with zero attached hydrogens (tertiary/aromatic N) is 1. The molecule has 0 saturated carbocycles. The second-order valence-electron chi connectivity index (χ2n) is 6.78. The van der Waals surface area contributed by atoms with E-state index >= 15 is 0 Å². The molecular weight excluding hydrogens is 459 g/mol. The van der Waals surface area contributed by atoms with Crippen LogP contribution in [0.2, 0.25) is 10.0 Å². The Kier molecular flexibility index (Phi) is 10.1. The zero-order chi connectivity index (χ0) is 23.7. The van der Waals surface area contributed by atoms with Gasteiger partial charge in [0.1, 0.15) is 11.1 Å². The molecule has 1 amide bonds. The lowest BCUT2D eigenvalue weighted by Crippen LogP contribution is -2.43. The lowest BCUT2D eigenvalue weighted by molar-refractivity contribution is -0.142. The number of amides is 1. The van der Waals surface area contributed by atoms with E-state index < -0.39 is 23.7 Å². The van der Waals surface area contributed by atoms with Crippen molar-refractivity contribution in [2.24, 2.45) is 0 Å². The normalized spacial score (nSPS) is 11.8. The van der Waals surface area contributed by atoms with E-state index in [1.807, 2.05) is 37.3 Å². The molecule has 176 valence electrons. The molecule has 2 rings (SSSR count). The van der Waals surface area contributed by atoms with E-state index in [9.17, 15) is 14.7 Å². The summed E-state index contributed by atoms with van der Waals surface area (Å²) in [5.74, 6) is -1.90. The minimum absolute atomic E-state index is 0. The van der Waals surface area contributed by atoms with E-state index in [0.29, 0.717) is 19.8 Å². The van der Waals surface area contributed by atoms with Crippen molar-refractivity contribution in [1.29, 1.82) is 0 Å². The Hall–Kier alpha value is -2.52. The lowest BCUT2D eigenvalue weighted by Gasteiger charge is -2.21. The first-order valence-electron chi connectivity index (χ1n) is 9.88. The molecule has 0 fully saturated rings. The molecule has 0 radical (unpaired) electrons. The number of hydroxylamine groups is 2. The summed E-state index contributed by atoms with van der Waals surface area (Å²) < 4.78 is 10.1. The fourth-order valence-electron chi connectivity index (χ4n) is 2.81. The maximum atomic E-state index is 12.8. The van der Waals surface area contributed by atoms with Gasteiger partial charge in [0.15, 0.2) is 11.5 Å². The third kappa shape index (κ3) is 7.00. The Balaban J connectivity index is 0.00000544. The molecule has 2 N–H and O–H groups in total. The van der Waals surface area contributed by atoms with Crippen molar-refractivity contribution in [2.45, 2.75) is 19.4 Å². The molecule has 0 aromatic heterocycles. The fraction of sp³-hybridized carbons (Fsp3) is 0.364. The summed E-state index contributed by atoms with van der Waals surface area (Å²) in [7, 11) is 2.87. The highest BCUT2D eigenvalue weighted by Gasteiger charge is 2.27. The lowest BCUT2D eigenvalue weighted by atomic mass is 10.1. The van der Waals surface area contributed by atoms with Gasteiger partial charge in [-0.15, -0.1) is 5.06 Å². The first-order valence-corrected chi connectivity index (χ1v) is 10.6. The van der Waals surface area contributed by atoms with Gasteiger partial charge in [0, 0.05) is 21.5 Å². The number of phenolic OH excluding ortho intramolecular Hbond substituents is 1. The minimum atomic E-state index is -0.979. The number of hydrogen-bond donors (Lipinski definition) is 2. The van der Waals surface area contributed by atoms with E-state index in [2.05, 4.69) is 5.32 Å². The van der Waals surface area contributed by atoms with Crippen molar-refractivity contribution < 1.29 is 30.4 Å². The number of benzene rings is 2. The zero-order valence-electron chi connectivity index (χ0n) is 18.1. The Bertz CT molecular complexity index is 933. The van der Waals surface area contributed by atoms with E-state index in [4.69, 9.17) is 37.5 Å². The number of hydrogen-bond acceptors (Lipinski definition) is 7. The molecule has 0 bridgehead atoms. The van der Waals surface area contributed by atoms with Crippen molar-refractivity contribution in [3.8, 4) is 11.5 Å². The SMILES string of the molecule is CCOCCN(C)Oc1c(Cl)cc(C(=O)N[C@@H](Cc2ccccc2)C(=O)OC)c(O)c1Cl.[HH]. The molecule has 0 aliphatic heterocycles. The second-order valence-corrected chi connectivity index (χ2v) is 7.56. The average Bonchev–Trinajstić information content (AvgIpc) is 2.78. The molecule has 0 heterocycles. The molecule has 0 saturated heterocycles. The zero-order valence-corrected chi connectivity index (χ0v) is 19.6. The van der Waals surface area contributed by atoms with Gasteiger partial charge < -0.3 is 24.7 Å². The molecule has 2 aromatic rings. The van der Waals surface area contributed by atoms with E-state index in [-0.39, 0.29) is 29.2 Å². The third-order valence-corrected chi connectivity index (χ3v) is 5.10. The summed E-state index contributed by atoms with van der Waals surface area (Å²) >= 11 is 12.5. The molecule has 1 atom stereocenters. The molecule has 2 aromatic carbocycles. The standard InChI is InChI=1S/C22H26Cl2N2O6.H2/c1-4-31-11-10-26(2)32-20-16(23)13-15(19(27)18(20)24)21(28)25-17(22(29)30-3)12-14-8-6-5-7-9-14;/h5-9,13,17,27H,4,10-12H2,1-3H3,(H,25,28);1H/t17-;/m0./s1. The molecule has 0 spiro atoms. The van der Waals surface area contributed by atoms with Crippen LogP contribution in [0, 0.1) is 0 Å². The number of nitrogens with one attached hydrogen (secondary N) is 1. The van der Waals surface area contributed by atoms with Gasteiger partial charge in [0.05, 0.1) is 30.8 Å². The molecule has 32 heavy (non-hydrogen) atoms. The van der Waals surface area contributed by atoms with Crippen molar-refractivity contribution in [3.63, 3.8) is 0 Å². The van der Waals surface area contributed by atoms with Crippen molar-refractivity contribution >= 4 is 35.1 Å². The minimum Gasteiger partial charge on any atom is -0.505 e. The predicted octanol–water partition coefficient (Wildman–Crippen LogP) is 3.72. The van der Waals surface area contributed by atoms with E-state index in [0.717, 1.165) is 5.56 Å². The molecule has 0 aliphatic carbocycles. The maximum absolute atomic E-state index is 12.8. The van der Waals surface area contributed by atoms with Crippen LogP contribution >= 0.6 is 23.2 Å². The number of carbonyl (C=O) groups excluding carboxylic acids is 2. The molecule has 8 nitrogen and oxygen atoms in total. The molecule has 10 heteroatoms. The first kappa shape index (κ1) is 25.7. The van der Waals surface area contributed by atoms with Gasteiger partial charge in [-0.25, -0.2) is 4.79 Å². The summed E-state index contributed by atoms with van der Waals surface area (Å²) in [5, 5.41) is 14.3. The molecular formula is C22H28Cl2N2O6. The smallest absolute Gasteiger partial charge is 0.328 e. The number of ether oxygens (including phenoxy) is 2. The number of methoxy groups -OCH3 is 1. The van der Waals surface area contributed by atoms with Crippen LogP contribution in [0.15, 0.2) is 36.4 Å². The van der Waals surface area contributed by atoms with Crippen LogP contribution in [0.5, 0.6) is 11.5 Å². The van der Waals surface area contributed by atoms with Crippen LogP contribution in [0.4, 0.5) is 0 Å². The highest BCUT2D eigenvalue weighted by molar-refractivity contribution is 6.39. The van der Waals surface area contributed by atoms with Gasteiger partial charge >= 0.3 is 5.97 Å². The number of carbonyl (C=O) groups is 2. The van der Waals surface area contributed by atoms with Crippen molar-refractivity contribution in [2.75, 3.05) is 33.9 Å². The van der Waals surface area contributed by atoms with Crippen LogP contribution in [-0.4, -0.2) is 62.0 Å². The first-order chi connectivity index (χ1) is 15.3. The highest BCUT2D eigenvalue weighted by Crippen LogP contribution is 2.42. The van der Waals surface area contributed by atoms with Crippen molar-refractivity contribution in [1.82, 2.24) is 10.4 Å². The van der Waals surface area contributed by atoms with Crippen LogP contribution in [0.3, 0.4) is 0 Å². The monoisotopic (exact) mass is 486 g/mol. The number of halogens is 2. The Morgan fingerprint density at radius 2 is 1.94 bits per heavy atom. The third-order valence-electron chi connectivity index (χ3n) is 4.47. The summed E-state index contributed by atoms with van der Waals surface area (Å²) in [6.07, 6.45) is 0.202. The highest BCUT2D eigenvalue weighted by atomic mass is 35.5. The van der Waals surface area contributed by atoms with Crippen LogP contribution in [0.1, 0.15) is 24.3 Å². The number of aromatic hydroxyl groups is 1. The van der Waals surface area contributed by atoms with Gasteiger partial charge in [0.25, 0.3) is 5.91 Å². The number of esters is 1. The van der Waals surface area contributed by atoms with Gasteiger partial charge in [-0.05, 0) is 18.6 Å². The van der Waals surface area contributed by atoms with Crippen LogP contribution in [0.25, 0.3) is 0 Å². The molecule has 0 aliphatic rings. The van der Waals surface area contributed by atoms with Crippen molar-refractivity contribution in [3.05, 3.63) is 57.6 Å².